The van der Waals surface area contributed by atoms with Crippen molar-refractivity contribution < 1.29 is 14.9 Å². The van der Waals surface area contributed by atoms with Crippen LogP contribution in [0.15, 0.2) is 27.0 Å². The molecule has 1 saturated heterocycles. The van der Waals surface area contributed by atoms with Gasteiger partial charge in [-0.25, -0.2) is 4.79 Å². The number of aromatic nitrogens is 2. The smallest absolute Gasteiger partial charge is 0.330 e. The molecule has 2 heterocycles. The SMILES string of the molecule is O=N[C@@H]1[C@H](O)[C@@H](CO)O[C@H]1n1ccc(=O)[nH]c1=O. The maximum absolute atomic E-state index is 11.5. The number of nitroso groups, excluding NO2 is 1. The zero-order valence-electron chi connectivity index (χ0n) is 9.09. The summed E-state index contributed by atoms with van der Waals surface area (Å²) in [7, 11) is 0. The molecule has 9 heteroatoms. The van der Waals surface area contributed by atoms with Gasteiger partial charge in [0.1, 0.15) is 12.2 Å². The highest BCUT2D eigenvalue weighted by atomic mass is 16.5. The van der Waals surface area contributed by atoms with Crippen molar-refractivity contribution >= 4 is 0 Å². The normalized spacial score (nSPS) is 31.4. The molecule has 0 spiro atoms. The summed E-state index contributed by atoms with van der Waals surface area (Å²) >= 11 is 0. The summed E-state index contributed by atoms with van der Waals surface area (Å²) in [5.74, 6) is 0. The lowest BCUT2D eigenvalue weighted by Gasteiger charge is -2.15. The van der Waals surface area contributed by atoms with Gasteiger partial charge >= 0.3 is 5.69 Å². The molecule has 0 saturated carbocycles. The molecule has 2 rings (SSSR count). The van der Waals surface area contributed by atoms with Crippen LogP contribution in [0.2, 0.25) is 0 Å². The van der Waals surface area contributed by atoms with E-state index in [9.17, 15) is 19.6 Å². The van der Waals surface area contributed by atoms with E-state index in [1.54, 1.807) is 0 Å². The standard InChI is InChI=1S/C9H11N3O6/c13-3-4-7(15)6(11-17)8(18-4)12-2-1-5(14)10-9(12)16/h1-2,4,6-8,13,15H,3H2,(H,10,14,16)/t4-,6-,7-,8-/m1/s1. The van der Waals surface area contributed by atoms with E-state index in [0.717, 1.165) is 16.8 Å². The van der Waals surface area contributed by atoms with Crippen molar-refractivity contribution in [3.05, 3.63) is 38.0 Å². The Kier molecular flexibility index (Phi) is 3.36. The molecule has 0 bridgehead atoms. The third-order valence-corrected chi connectivity index (χ3v) is 2.76. The number of hydrogen-bond acceptors (Lipinski definition) is 7. The number of aromatic amines is 1. The van der Waals surface area contributed by atoms with Crippen LogP contribution in [0, 0.1) is 4.91 Å². The largest absolute Gasteiger partial charge is 0.394 e. The van der Waals surface area contributed by atoms with Crippen LogP contribution in [0.4, 0.5) is 0 Å². The van der Waals surface area contributed by atoms with Gasteiger partial charge in [0.05, 0.1) is 6.61 Å². The lowest BCUT2D eigenvalue weighted by atomic mass is 10.1. The summed E-state index contributed by atoms with van der Waals surface area (Å²) in [6, 6.07) is -0.156. The first-order valence-electron chi connectivity index (χ1n) is 5.17. The van der Waals surface area contributed by atoms with Crippen molar-refractivity contribution in [1.29, 1.82) is 0 Å². The van der Waals surface area contributed by atoms with Crippen molar-refractivity contribution in [3.8, 4) is 0 Å². The fraction of sp³-hybridized carbons (Fsp3) is 0.556. The van der Waals surface area contributed by atoms with Crippen molar-refractivity contribution in [3.63, 3.8) is 0 Å². The number of rotatable bonds is 3. The number of ether oxygens (including phenoxy) is 1. The lowest BCUT2D eigenvalue weighted by Crippen LogP contribution is -2.36. The van der Waals surface area contributed by atoms with Crippen LogP contribution in [-0.2, 0) is 4.74 Å². The Bertz CT molecular complexity index is 552. The monoisotopic (exact) mass is 257 g/mol. The number of nitrogens with one attached hydrogen (secondary N) is 1. The average Bonchev–Trinajstić information content (AvgIpc) is 2.65. The summed E-state index contributed by atoms with van der Waals surface area (Å²) in [6.45, 7) is -0.512. The molecule has 1 fully saturated rings. The van der Waals surface area contributed by atoms with Crippen LogP contribution in [-0.4, -0.2) is 44.6 Å². The van der Waals surface area contributed by atoms with Gasteiger partial charge in [0.15, 0.2) is 12.3 Å². The molecule has 0 aliphatic carbocycles. The van der Waals surface area contributed by atoms with Gasteiger partial charge in [-0.3, -0.25) is 14.3 Å². The highest BCUT2D eigenvalue weighted by Gasteiger charge is 2.46. The third-order valence-electron chi connectivity index (χ3n) is 2.76. The van der Waals surface area contributed by atoms with Gasteiger partial charge in [0.2, 0.25) is 0 Å². The molecule has 1 aliphatic rings. The van der Waals surface area contributed by atoms with Crippen molar-refractivity contribution in [2.24, 2.45) is 5.18 Å². The molecular formula is C9H11N3O6. The molecule has 0 amide bonds. The topological polar surface area (TPSA) is 134 Å². The van der Waals surface area contributed by atoms with Crippen molar-refractivity contribution in [2.75, 3.05) is 6.61 Å². The molecule has 98 valence electrons. The van der Waals surface area contributed by atoms with E-state index in [-0.39, 0.29) is 0 Å². The Hall–Kier alpha value is -1.84. The Morgan fingerprint density at radius 1 is 1.50 bits per heavy atom. The summed E-state index contributed by atoms with van der Waals surface area (Å²) in [5, 5.41) is 21.3. The predicted octanol–water partition coefficient (Wildman–Crippen LogP) is -2.08. The van der Waals surface area contributed by atoms with Gasteiger partial charge in [-0.1, -0.05) is 5.18 Å². The first-order chi connectivity index (χ1) is 8.58. The zero-order valence-corrected chi connectivity index (χ0v) is 9.09. The minimum absolute atomic E-state index is 0.512. The first kappa shape index (κ1) is 12.6. The van der Waals surface area contributed by atoms with E-state index >= 15 is 0 Å². The highest BCUT2D eigenvalue weighted by molar-refractivity contribution is 4.96. The number of nitrogens with zero attached hydrogens (tertiary/aromatic N) is 2. The number of hydrogen-bond donors (Lipinski definition) is 3. The van der Waals surface area contributed by atoms with Gasteiger partial charge in [-0.15, -0.1) is 0 Å². The Morgan fingerprint density at radius 3 is 2.78 bits per heavy atom. The van der Waals surface area contributed by atoms with E-state index in [0.29, 0.717) is 0 Å². The highest BCUT2D eigenvalue weighted by Crippen LogP contribution is 2.30. The molecule has 1 aromatic rings. The maximum Gasteiger partial charge on any atom is 0.330 e. The van der Waals surface area contributed by atoms with E-state index < -0.39 is 42.3 Å². The van der Waals surface area contributed by atoms with Crippen LogP contribution < -0.4 is 11.2 Å². The lowest BCUT2D eigenvalue weighted by molar-refractivity contribution is -0.0464. The summed E-state index contributed by atoms with van der Waals surface area (Å²) in [6.07, 6.45) is -2.33. The van der Waals surface area contributed by atoms with E-state index in [2.05, 4.69) is 5.18 Å². The van der Waals surface area contributed by atoms with E-state index in [1.807, 2.05) is 4.98 Å². The molecule has 3 N–H and O–H groups in total. The Balaban J connectivity index is 2.41. The first-order valence-corrected chi connectivity index (χ1v) is 5.17. The van der Waals surface area contributed by atoms with Crippen molar-refractivity contribution in [2.45, 2.75) is 24.5 Å². The third kappa shape index (κ3) is 1.98. The second kappa shape index (κ2) is 4.80. The van der Waals surface area contributed by atoms with Gasteiger partial charge in [0, 0.05) is 12.3 Å². The number of H-pyrrole nitrogens is 1. The van der Waals surface area contributed by atoms with Crippen LogP contribution in [0.1, 0.15) is 6.23 Å². The molecule has 9 nitrogen and oxygen atoms in total. The van der Waals surface area contributed by atoms with Crippen LogP contribution >= 0.6 is 0 Å². The van der Waals surface area contributed by atoms with Crippen molar-refractivity contribution in [1.82, 2.24) is 9.55 Å². The van der Waals surface area contributed by atoms with Gasteiger partial charge in [-0.2, -0.15) is 4.91 Å². The van der Waals surface area contributed by atoms with E-state index in [4.69, 9.17) is 9.84 Å². The summed E-state index contributed by atoms with van der Waals surface area (Å²) in [5.41, 5.74) is -1.38. The van der Waals surface area contributed by atoms with Gasteiger partial charge in [0.25, 0.3) is 5.56 Å². The number of aliphatic hydroxyl groups excluding tert-OH is 2. The summed E-state index contributed by atoms with van der Waals surface area (Å²) < 4.78 is 6.12. The van der Waals surface area contributed by atoms with Gasteiger partial charge in [-0.05, 0) is 0 Å². The fourth-order valence-electron chi connectivity index (χ4n) is 1.85. The molecule has 1 aliphatic heterocycles. The second-order valence-corrected chi connectivity index (χ2v) is 3.85. The predicted molar refractivity (Wildman–Crippen MR) is 57.9 cm³/mol. The van der Waals surface area contributed by atoms with Crippen LogP contribution in [0.5, 0.6) is 0 Å². The second-order valence-electron chi connectivity index (χ2n) is 3.85. The Morgan fingerprint density at radius 2 is 2.22 bits per heavy atom. The summed E-state index contributed by atoms with van der Waals surface area (Å²) in [4.78, 5) is 35.1. The molecule has 0 radical (unpaired) electrons. The van der Waals surface area contributed by atoms with Crippen LogP contribution in [0.25, 0.3) is 0 Å². The van der Waals surface area contributed by atoms with Crippen LogP contribution in [0.3, 0.4) is 0 Å². The molecule has 1 aromatic heterocycles. The molecule has 4 atom stereocenters. The minimum Gasteiger partial charge on any atom is -0.394 e. The van der Waals surface area contributed by atoms with Gasteiger partial charge < -0.3 is 14.9 Å². The molecular weight excluding hydrogens is 246 g/mol. The molecule has 18 heavy (non-hydrogen) atoms. The molecule has 0 aromatic carbocycles. The molecule has 0 unspecified atom stereocenters. The zero-order chi connectivity index (χ0) is 13.3. The van der Waals surface area contributed by atoms with E-state index in [1.165, 1.54) is 0 Å². The number of aliphatic hydroxyl groups is 2. The average molecular weight is 257 g/mol. The fourth-order valence-corrected chi connectivity index (χ4v) is 1.85. The quantitative estimate of drug-likeness (QED) is 0.532. The maximum atomic E-state index is 11.5. The minimum atomic E-state index is -1.31. The Labute approximate surface area is 99.6 Å².